The van der Waals surface area contributed by atoms with Crippen molar-refractivity contribution >= 4 is 17.7 Å². The van der Waals surface area contributed by atoms with Crippen molar-refractivity contribution in [3.8, 4) is 6.07 Å². The van der Waals surface area contributed by atoms with Gasteiger partial charge >= 0.3 is 12.1 Å². The summed E-state index contributed by atoms with van der Waals surface area (Å²) in [6.45, 7) is 5.49. The molecule has 1 amide bonds. The number of carbonyl (C=O) groups excluding carboxylic acids is 1. The molecule has 0 saturated heterocycles. The van der Waals surface area contributed by atoms with Gasteiger partial charge in [0.05, 0.1) is 6.07 Å². The molecule has 0 aromatic heterocycles. The smallest absolute Gasteiger partial charge is 0.412 e. The van der Waals surface area contributed by atoms with Crippen molar-refractivity contribution in [2.24, 2.45) is 11.8 Å². The summed E-state index contributed by atoms with van der Waals surface area (Å²) in [6, 6.07) is 11.3. The normalized spacial score (nSPS) is 18.9. The maximum absolute atomic E-state index is 11.3. The van der Waals surface area contributed by atoms with E-state index in [-0.39, 0.29) is 18.3 Å². The molecule has 1 fully saturated rings. The van der Waals surface area contributed by atoms with Crippen LogP contribution in [0.5, 0.6) is 0 Å². The van der Waals surface area contributed by atoms with Gasteiger partial charge in [0, 0.05) is 18.0 Å². The van der Waals surface area contributed by atoms with Gasteiger partial charge in [0.1, 0.15) is 5.60 Å². The van der Waals surface area contributed by atoms with E-state index in [0.717, 1.165) is 18.5 Å². The highest BCUT2D eigenvalue weighted by Gasteiger charge is 2.30. The van der Waals surface area contributed by atoms with Gasteiger partial charge < -0.3 is 9.84 Å². The van der Waals surface area contributed by atoms with Crippen molar-refractivity contribution in [2.45, 2.75) is 45.6 Å². The SMILES string of the molecule is CC(C)(C)OC(=O)Nc1ccccc1.N#CC1CC(CC(=O)O)C1. The lowest BCUT2D eigenvalue weighted by molar-refractivity contribution is -0.139. The summed E-state index contributed by atoms with van der Waals surface area (Å²) in [5.41, 5.74) is 0.278. The van der Waals surface area contributed by atoms with Gasteiger partial charge in [-0.05, 0) is 51.7 Å². The number of amides is 1. The summed E-state index contributed by atoms with van der Waals surface area (Å²) in [5, 5.41) is 19.3. The van der Waals surface area contributed by atoms with Crippen molar-refractivity contribution in [3.05, 3.63) is 30.3 Å². The molecular formula is C18H24N2O4. The van der Waals surface area contributed by atoms with Gasteiger partial charge in [0.25, 0.3) is 0 Å². The van der Waals surface area contributed by atoms with Crippen molar-refractivity contribution < 1.29 is 19.4 Å². The average Bonchev–Trinajstić information content (AvgIpc) is 2.41. The fraction of sp³-hybridized carbons (Fsp3) is 0.500. The third-order valence-corrected chi connectivity index (χ3v) is 3.30. The van der Waals surface area contributed by atoms with E-state index >= 15 is 0 Å². The number of aliphatic carboxylic acids is 1. The minimum Gasteiger partial charge on any atom is -0.481 e. The molecule has 0 radical (unpaired) electrons. The first kappa shape index (κ1) is 19.5. The van der Waals surface area contributed by atoms with E-state index in [1.165, 1.54) is 0 Å². The molecular weight excluding hydrogens is 308 g/mol. The average molecular weight is 332 g/mol. The Kier molecular flexibility index (Phi) is 7.25. The number of nitrogens with zero attached hydrogens (tertiary/aromatic N) is 1. The highest BCUT2D eigenvalue weighted by atomic mass is 16.6. The van der Waals surface area contributed by atoms with Crippen LogP contribution in [0.3, 0.4) is 0 Å². The zero-order valence-electron chi connectivity index (χ0n) is 14.3. The van der Waals surface area contributed by atoms with E-state index < -0.39 is 17.7 Å². The van der Waals surface area contributed by atoms with Gasteiger partial charge in [-0.25, -0.2) is 4.79 Å². The molecule has 2 rings (SSSR count). The molecule has 0 unspecified atom stereocenters. The molecule has 6 heteroatoms. The zero-order valence-corrected chi connectivity index (χ0v) is 14.3. The highest BCUT2D eigenvalue weighted by molar-refractivity contribution is 5.84. The number of hydrogen-bond donors (Lipinski definition) is 2. The molecule has 0 heterocycles. The van der Waals surface area contributed by atoms with Crippen LogP contribution < -0.4 is 5.32 Å². The number of para-hydroxylation sites is 1. The van der Waals surface area contributed by atoms with Gasteiger partial charge in [-0.3, -0.25) is 10.1 Å². The summed E-state index contributed by atoms with van der Waals surface area (Å²) in [5.74, 6) is -0.354. The highest BCUT2D eigenvalue weighted by Crippen LogP contribution is 2.35. The fourth-order valence-corrected chi connectivity index (χ4v) is 2.20. The molecule has 0 spiro atoms. The quantitative estimate of drug-likeness (QED) is 0.870. The first-order valence-electron chi connectivity index (χ1n) is 7.86. The number of nitriles is 1. The van der Waals surface area contributed by atoms with Gasteiger partial charge in [0.2, 0.25) is 0 Å². The van der Waals surface area contributed by atoms with Gasteiger partial charge in [-0.2, -0.15) is 5.26 Å². The molecule has 130 valence electrons. The van der Waals surface area contributed by atoms with E-state index in [9.17, 15) is 9.59 Å². The van der Waals surface area contributed by atoms with Gasteiger partial charge in [0.15, 0.2) is 0 Å². The summed E-state index contributed by atoms with van der Waals surface area (Å²) in [7, 11) is 0. The molecule has 1 aromatic rings. The van der Waals surface area contributed by atoms with Gasteiger partial charge in [-0.15, -0.1) is 0 Å². The van der Waals surface area contributed by atoms with E-state index in [2.05, 4.69) is 11.4 Å². The summed E-state index contributed by atoms with van der Waals surface area (Å²) < 4.78 is 5.09. The third-order valence-electron chi connectivity index (χ3n) is 3.30. The first-order chi connectivity index (χ1) is 11.2. The molecule has 0 atom stereocenters. The molecule has 1 aliphatic carbocycles. The number of carboxylic acids is 1. The second kappa shape index (κ2) is 8.92. The molecule has 0 bridgehead atoms. The van der Waals surface area contributed by atoms with Gasteiger partial charge in [-0.1, -0.05) is 18.2 Å². The van der Waals surface area contributed by atoms with Crippen molar-refractivity contribution in [1.29, 1.82) is 5.26 Å². The number of hydrogen-bond acceptors (Lipinski definition) is 4. The lowest BCUT2D eigenvalue weighted by atomic mass is 9.74. The fourth-order valence-electron chi connectivity index (χ4n) is 2.20. The Morgan fingerprint density at radius 3 is 2.33 bits per heavy atom. The number of anilines is 1. The van der Waals surface area contributed by atoms with Crippen molar-refractivity contribution in [3.63, 3.8) is 0 Å². The standard InChI is InChI=1S/C11H15NO2.C7H9NO2/c1-11(2,3)14-10(13)12-9-7-5-4-6-8-9;8-4-6-1-5(2-6)3-7(9)10/h4-8H,1-3H3,(H,12,13);5-6H,1-3H2,(H,9,10). The maximum atomic E-state index is 11.3. The monoisotopic (exact) mass is 332 g/mol. The van der Waals surface area contributed by atoms with Crippen LogP contribution in [0.15, 0.2) is 30.3 Å². The second-order valence-corrected chi connectivity index (χ2v) is 6.75. The largest absolute Gasteiger partial charge is 0.481 e. The predicted octanol–water partition coefficient (Wildman–Crippen LogP) is 4.04. The van der Waals surface area contributed by atoms with E-state index in [1.807, 2.05) is 51.1 Å². The lowest BCUT2D eigenvalue weighted by Gasteiger charge is -2.28. The number of ether oxygens (including phenoxy) is 1. The summed E-state index contributed by atoms with van der Waals surface area (Å²) in [4.78, 5) is 21.4. The second-order valence-electron chi connectivity index (χ2n) is 6.75. The molecule has 2 N–H and O–H groups in total. The predicted molar refractivity (Wildman–Crippen MR) is 90.4 cm³/mol. The molecule has 0 aliphatic heterocycles. The van der Waals surface area contributed by atoms with Crippen LogP contribution in [0.25, 0.3) is 0 Å². The van der Waals surface area contributed by atoms with Crippen LogP contribution in [0.4, 0.5) is 10.5 Å². The number of nitrogens with one attached hydrogen (secondary N) is 1. The minimum atomic E-state index is -0.749. The van der Waals surface area contributed by atoms with Crippen molar-refractivity contribution in [1.82, 2.24) is 0 Å². The van der Waals surface area contributed by atoms with E-state index in [0.29, 0.717) is 0 Å². The Morgan fingerprint density at radius 2 is 1.88 bits per heavy atom. The van der Waals surface area contributed by atoms with Crippen molar-refractivity contribution in [2.75, 3.05) is 5.32 Å². The number of benzene rings is 1. The topological polar surface area (TPSA) is 99.4 Å². The van der Waals surface area contributed by atoms with Crippen LogP contribution in [0, 0.1) is 23.2 Å². The summed E-state index contributed by atoms with van der Waals surface area (Å²) >= 11 is 0. The minimum absolute atomic E-state index is 0.129. The van der Waals surface area contributed by atoms with E-state index in [1.54, 1.807) is 0 Å². The number of carbonyl (C=O) groups is 2. The Balaban J connectivity index is 0.000000254. The lowest BCUT2D eigenvalue weighted by Crippen LogP contribution is -2.27. The van der Waals surface area contributed by atoms with E-state index in [4.69, 9.17) is 15.1 Å². The molecule has 24 heavy (non-hydrogen) atoms. The molecule has 6 nitrogen and oxygen atoms in total. The Morgan fingerprint density at radius 1 is 1.29 bits per heavy atom. The van der Waals surface area contributed by atoms with Crippen LogP contribution in [-0.4, -0.2) is 22.8 Å². The molecule has 1 aliphatic rings. The molecule has 1 aromatic carbocycles. The number of rotatable bonds is 3. The van der Waals surface area contributed by atoms with Crippen LogP contribution in [0.2, 0.25) is 0 Å². The van der Waals surface area contributed by atoms with Crippen LogP contribution >= 0.6 is 0 Å². The van der Waals surface area contributed by atoms with Crippen LogP contribution in [0.1, 0.15) is 40.0 Å². The summed E-state index contributed by atoms with van der Waals surface area (Å²) in [6.07, 6.45) is 1.37. The zero-order chi connectivity index (χ0) is 18.2. The Bertz CT molecular complexity index is 581. The Labute approximate surface area is 142 Å². The number of carboxylic acid groups (broad SMARTS) is 1. The van der Waals surface area contributed by atoms with Crippen LogP contribution in [-0.2, 0) is 9.53 Å². The first-order valence-corrected chi connectivity index (χ1v) is 7.86. The maximum Gasteiger partial charge on any atom is 0.412 e. The molecule has 1 saturated carbocycles. The third kappa shape index (κ3) is 8.18. The Hall–Kier alpha value is -2.55.